The molecule has 0 bridgehead atoms. The van der Waals surface area contributed by atoms with E-state index in [-0.39, 0.29) is 10.4 Å². The molecule has 0 radical (unpaired) electrons. The third kappa shape index (κ3) is 3.26. The molecule has 0 aliphatic carbocycles. The molecule has 1 aromatic carbocycles. The summed E-state index contributed by atoms with van der Waals surface area (Å²) in [5.41, 5.74) is -0.793. The highest BCUT2D eigenvalue weighted by Gasteiger charge is 2.32. The summed E-state index contributed by atoms with van der Waals surface area (Å²) in [4.78, 5) is 23.2. The van der Waals surface area contributed by atoms with Crippen molar-refractivity contribution in [1.29, 1.82) is 0 Å². The van der Waals surface area contributed by atoms with Gasteiger partial charge in [0.2, 0.25) is 0 Å². The maximum Gasteiger partial charge on any atom is 0.338 e. The molecule has 0 amide bonds. The number of hydrogen-bond donors (Lipinski definition) is 1. The first-order valence-corrected chi connectivity index (χ1v) is 7.30. The molecule has 6 nitrogen and oxygen atoms in total. The van der Waals surface area contributed by atoms with Crippen LogP contribution in [0.15, 0.2) is 12.1 Å². The van der Waals surface area contributed by atoms with Gasteiger partial charge in [-0.15, -0.1) is 0 Å². The second kappa shape index (κ2) is 5.51. The molecule has 8 heteroatoms. The van der Waals surface area contributed by atoms with E-state index in [1.165, 1.54) is 0 Å². The van der Waals surface area contributed by atoms with Gasteiger partial charge in [0.1, 0.15) is 11.5 Å². The predicted octanol–water partition coefficient (Wildman–Crippen LogP) is 2.76. The summed E-state index contributed by atoms with van der Waals surface area (Å²) in [6.45, 7) is 5.11. The lowest BCUT2D eigenvalue weighted by atomic mass is 10.1. The molecule has 0 unspecified atom stereocenters. The molecule has 0 atom stereocenters. The number of nitro groups is 1. The summed E-state index contributed by atoms with van der Waals surface area (Å²) in [7, 11) is 0. The van der Waals surface area contributed by atoms with Crippen molar-refractivity contribution in [2.45, 2.75) is 18.6 Å². The van der Waals surface area contributed by atoms with Gasteiger partial charge in [0.15, 0.2) is 0 Å². The molecular formula is C13H15FN2O4S. The number of rotatable bonds is 3. The van der Waals surface area contributed by atoms with Gasteiger partial charge in [-0.1, -0.05) is 0 Å². The fourth-order valence-electron chi connectivity index (χ4n) is 2.34. The number of aromatic carboxylic acids is 1. The number of nitro benzene ring substituents is 1. The van der Waals surface area contributed by atoms with Crippen LogP contribution in [0.5, 0.6) is 0 Å². The van der Waals surface area contributed by atoms with Gasteiger partial charge in [-0.2, -0.15) is 11.8 Å². The summed E-state index contributed by atoms with van der Waals surface area (Å²) in [6, 6.07) is 1.75. The van der Waals surface area contributed by atoms with Crippen LogP contribution in [-0.2, 0) is 0 Å². The second-order valence-corrected chi connectivity index (χ2v) is 7.21. The molecule has 0 saturated carbocycles. The van der Waals surface area contributed by atoms with Crippen LogP contribution < -0.4 is 4.90 Å². The summed E-state index contributed by atoms with van der Waals surface area (Å²) in [5, 5.41) is 20.1. The fraction of sp³-hybridized carbons (Fsp3) is 0.462. The Kier molecular flexibility index (Phi) is 4.08. The summed E-state index contributed by atoms with van der Waals surface area (Å²) < 4.78 is 13.5. The molecule has 2 rings (SSSR count). The highest BCUT2D eigenvalue weighted by molar-refractivity contribution is 8.00. The van der Waals surface area contributed by atoms with E-state index in [9.17, 15) is 19.3 Å². The Labute approximate surface area is 125 Å². The van der Waals surface area contributed by atoms with Crippen molar-refractivity contribution in [2.24, 2.45) is 0 Å². The number of halogens is 1. The number of hydrogen-bond acceptors (Lipinski definition) is 5. The molecule has 1 saturated heterocycles. The molecule has 1 aromatic rings. The van der Waals surface area contributed by atoms with Crippen molar-refractivity contribution in [3.63, 3.8) is 0 Å². The zero-order valence-corrected chi connectivity index (χ0v) is 12.4. The summed E-state index contributed by atoms with van der Waals surface area (Å²) in [6.07, 6.45) is 0. The average molecular weight is 314 g/mol. The van der Waals surface area contributed by atoms with Crippen LogP contribution in [0.2, 0.25) is 0 Å². The van der Waals surface area contributed by atoms with Crippen LogP contribution in [0.1, 0.15) is 24.2 Å². The van der Waals surface area contributed by atoms with Gasteiger partial charge in [-0.05, 0) is 19.9 Å². The van der Waals surface area contributed by atoms with Crippen LogP contribution >= 0.6 is 11.8 Å². The highest BCUT2D eigenvalue weighted by atomic mass is 32.2. The Morgan fingerprint density at radius 3 is 2.71 bits per heavy atom. The number of nitrogens with zero attached hydrogens (tertiary/aromatic N) is 2. The first-order valence-electron chi connectivity index (χ1n) is 6.31. The predicted molar refractivity (Wildman–Crippen MR) is 78.8 cm³/mol. The minimum atomic E-state index is -1.44. The minimum absolute atomic E-state index is 0.107. The lowest BCUT2D eigenvalue weighted by Crippen LogP contribution is -2.43. The van der Waals surface area contributed by atoms with Crippen molar-refractivity contribution in [2.75, 3.05) is 23.7 Å². The molecule has 1 heterocycles. The fourth-order valence-corrected chi connectivity index (χ4v) is 3.45. The van der Waals surface area contributed by atoms with Gasteiger partial charge < -0.3 is 10.0 Å². The third-order valence-corrected chi connectivity index (χ3v) is 4.55. The number of anilines is 1. The van der Waals surface area contributed by atoms with Crippen molar-refractivity contribution < 1.29 is 19.2 Å². The van der Waals surface area contributed by atoms with Crippen molar-refractivity contribution in [3.05, 3.63) is 33.6 Å². The summed E-state index contributed by atoms with van der Waals surface area (Å²) in [5.74, 6) is -1.76. The van der Waals surface area contributed by atoms with Crippen molar-refractivity contribution in [3.8, 4) is 0 Å². The van der Waals surface area contributed by atoms with E-state index < -0.39 is 28.0 Å². The van der Waals surface area contributed by atoms with E-state index in [1.807, 2.05) is 13.8 Å². The lowest BCUT2D eigenvalue weighted by molar-refractivity contribution is -0.384. The Balaban J connectivity index is 2.52. The molecular weight excluding hydrogens is 299 g/mol. The Morgan fingerprint density at radius 2 is 2.19 bits per heavy atom. The summed E-state index contributed by atoms with van der Waals surface area (Å²) >= 11 is 1.74. The number of thioether (sulfide) groups is 1. The van der Waals surface area contributed by atoms with Gasteiger partial charge in [-0.25, -0.2) is 9.18 Å². The van der Waals surface area contributed by atoms with E-state index in [0.29, 0.717) is 19.2 Å². The molecule has 21 heavy (non-hydrogen) atoms. The zero-order valence-electron chi connectivity index (χ0n) is 11.6. The van der Waals surface area contributed by atoms with Crippen LogP contribution in [0.3, 0.4) is 0 Å². The molecule has 1 fully saturated rings. The lowest BCUT2D eigenvalue weighted by Gasteiger charge is -2.38. The number of carbonyl (C=O) groups is 1. The third-order valence-electron chi connectivity index (χ3n) is 3.26. The monoisotopic (exact) mass is 314 g/mol. The largest absolute Gasteiger partial charge is 0.478 e. The maximum atomic E-state index is 13.7. The molecule has 0 spiro atoms. The minimum Gasteiger partial charge on any atom is -0.478 e. The zero-order chi connectivity index (χ0) is 15.8. The van der Waals surface area contributed by atoms with Crippen LogP contribution in [0.4, 0.5) is 15.8 Å². The van der Waals surface area contributed by atoms with Crippen molar-refractivity contribution in [1.82, 2.24) is 0 Å². The van der Waals surface area contributed by atoms with Crippen LogP contribution in [0.25, 0.3) is 0 Å². The molecule has 1 N–H and O–H groups in total. The molecule has 1 aliphatic heterocycles. The molecule has 114 valence electrons. The average Bonchev–Trinajstić information content (AvgIpc) is 2.36. The highest BCUT2D eigenvalue weighted by Crippen LogP contribution is 2.37. The van der Waals surface area contributed by atoms with Gasteiger partial charge in [0.05, 0.1) is 16.6 Å². The first kappa shape index (κ1) is 15.6. The van der Waals surface area contributed by atoms with Crippen LogP contribution in [-0.4, -0.2) is 39.6 Å². The standard InChI is InChI=1S/C13H15FN2O4S/c1-13(2)7-15(3-4-21-13)10-5-8(12(17)18)9(14)6-11(10)16(19)20/h5-6H,3-4,7H2,1-2H3,(H,17,18). The van der Waals surface area contributed by atoms with E-state index >= 15 is 0 Å². The van der Waals surface area contributed by atoms with Gasteiger partial charge in [0, 0.05) is 23.6 Å². The second-order valence-electron chi connectivity index (χ2n) is 5.41. The van der Waals surface area contributed by atoms with Gasteiger partial charge in [0.25, 0.3) is 5.69 Å². The number of carboxylic acids is 1. The van der Waals surface area contributed by atoms with Gasteiger partial charge in [-0.3, -0.25) is 10.1 Å². The number of benzene rings is 1. The van der Waals surface area contributed by atoms with E-state index in [4.69, 9.17) is 5.11 Å². The van der Waals surface area contributed by atoms with E-state index in [2.05, 4.69) is 0 Å². The van der Waals surface area contributed by atoms with E-state index in [1.54, 1.807) is 16.7 Å². The van der Waals surface area contributed by atoms with Gasteiger partial charge >= 0.3 is 5.97 Å². The Bertz CT molecular complexity index is 606. The van der Waals surface area contributed by atoms with Crippen LogP contribution in [0, 0.1) is 15.9 Å². The first-order chi connectivity index (χ1) is 9.71. The smallest absolute Gasteiger partial charge is 0.338 e. The quantitative estimate of drug-likeness (QED) is 0.682. The molecule has 1 aliphatic rings. The SMILES string of the molecule is CC1(C)CN(c2cc(C(=O)O)c(F)cc2[N+](=O)[O-])CCS1. The normalized spacial score (nSPS) is 17.6. The van der Waals surface area contributed by atoms with E-state index in [0.717, 1.165) is 11.8 Å². The topological polar surface area (TPSA) is 83.7 Å². The van der Waals surface area contributed by atoms with Crippen molar-refractivity contribution >= 4 is 29.1 Å². The Morgan fingerprint density at radius 1 is 1.52 bits per heavy atom. The maximum absolute atomic E-state index is 13.7. The Hall–Kier alpha value is -1.83. The number of carboxylic acid groups (broad SMARTS) is 1. The molecule has 0 aromatic heterocycles.